The van der Waals surface area contributed by atoms with Crippen LogP contribution in [0.1, 0.15) is 123 Å². The first-order valence-electron chi connectivity index (χ1n) is 10.8. The Bertz CT molecular complexity index is 204. The molecule has 3 N–H and O–H groups in total. The van der Waals surface area contributed by atoms with Gasteiger partial charge in [-0.3, -0.25) is 0 Å². The Morgan fingerprint density at radius 3 is 1.17 bits per heavy atom. The van der Waals surface area contributed by atoms with E-state index in [1.54, 1.807) is 0 Å². The number of unbranched alkanes of at least 4 members (excludes halogenated alkanes) is 16. The standard InChI is InChI=1S/C21H46N2/c1-3-4-5-6-7-8-9-10-11-12-13-14-15-16-17-18-19-20-23-21(2)22/h21,23H,3-20,22H2,1-2H3. The highest BCUT2D eigenvalue weighted by atomic mass is 15.0. The van der Waals surface area contributed by atoms with Crippen LogP contribution in [0.3, 0.4) is 0 Å². The van der Waals surface area contributed by atoms with Gasteiger partial charge in [0.15, 0.2) is 0 Å². The largest absolute Gasteiger partial charge is 0.316 e. The van der Waals surface area contributed by atoms with Gasteiger partial charge in [-0.05, 0) is 19.9 Å². The van der Waals surface area contributed by atoms with E-state index in [4.69, 9.17) is 5.73 Å². The van der Waals surface area contributed by atoms with Gasteiger partial charge < -0.3 is 11.1 Å². The number of nitrogens with two attached hydrogens (primary N) is 1. The summed E-state index contributed by atoms with van der Waals surface area (Å²) in [5.41, 5.74) is 5.65. The van der Waals surface area contributed by atoms with Crippen LogP contribution >= 0.6 is 0 Å². The van der Waals surface area contributed by atoms with Crippen LogP contribution < -0.4 is 11.1 Å². The van der Waals surface area contributed by atoms with E-state index in [2.05, 4.69) is 12.2 Å². The van der Waals surface area contributed by atoms with Gasteiger partial charge in [0, 0.05) is 0 Å². The van der Waals surface area contributed by atoms with Crippen LogP contribution in [0.25, 0.3) is 0 Å². The quantitative estimate of drug-likeness (QED) is 0.209. The van der Waals surface area contributed by atoms with Gasteiger partial charge in [-0.15, -0.1) is 0 Å². The van der Waals surface area contributed by atoms with E-state index >= 15 is 0 Å². The van der Waals surface area contributed by atoms with E-state index in [9.17, 15) is 0 Å². The summed E-state index contributed by atoms with van der Waals surface area (Å²) >= 11 is 0. The molecule has 0 rings (SSSR count). The minimum Gasteiger partial charge on any atom is -0.316 e. The van der Waals surface area contributed by atoms with Gasteiger partial charge in [0.05, 0.1) is 6.17 Å². The molecule has 2 nitrogen and oxygen atoms in total. The van der Waals surface area contributed by atoms with E-state index in [-0.39, 0.29) is 6.17 Å². The number of rotatable bonds is 19. The van der Waals surface area contributed by atoms with Gasteiger partial charge in [-0.25, -0.2) is 0 Å². The average Bonchev–Trinajstić information content (AvgIpc) is 2.53. The Kier molecular flexibility index (Phi) is 19.9. The molecule has 0 fully saturated rings. The Morgan fingerprint density at radius 1 is 0.565 bits per heavy atom. The van der Waals surface area contributed by atoms with Gasteiger partial charge in [0.25, 0.3) is 0 Å². The fourth-order valence-electron chi connectivity index (χ4n) is 3.18. The molecule has 140 valence electrons. The Labute approximate surface area is 147 Å². The Morgan fingerprint density at radius 2 is 0.870 bits per heavy atom. The molecule has 0 radical (unpaired) electrons. The zero-order chi connectivity index (χ0) is 17.0. The van der Waals surface area contributed by atoms with Crippen molar-refractivity contribution in [1.82, 2.24) is 5.32 Å². The van der Waals surface area contributed by atoms with E-state index in [1.165, 1.54) is 109 Å². The van der Waals surface area contributed by atoms with Crippen molar-refractivity contribution in [2.75, 3.05) is 6.54 Å². The normalized spacial score (nSPS) is 12.7. The van der Waals surface area contributed by atoms with Crippen LogP contribution in [-0.4, -0.2) is 12.7 Å². The molecule has 0 spiro atoms. The third-order valence-electron chi connectivity index (χ3n) is 4.75. The maximum Gasteiger partial charge on any atom is 0.0517 e. The molecule has 1 atom stereocenters. The molecule has 0 saturated carbocycles. The molecular weight excluding hydrogens is 280 g/mol. The zero-order valence-electron chi connectivity index (χ0n) is 16.4. The lowest BCUT2D eigenvalue weighted by Gasteiger charge is -2.07. The smallest absolute Gasteiger partial charge is 0.0517 e. The molecule has 0 aromatic carbocycles. The zero-order valence-corrected chi connectivity index (χ0v) is 16.4. The van der Waals surface area contributed by atoms with Crippen molar-refractivity contribution in [1.29, 1.82) is 0 Å². The van der Waals surface area contributed by atoms with Crippen LogP contribution in [0.15, 0.2) is 0 Å². The predicted molar refractivity (Wildman–Crippen MR) is 106 cm³/mol. The van der Waals surface area contributed by atoms with Crippen molar-refractivity contribution in [3.63, 3.8) is 0 Å². The molecule has 0 aromatic heterocycles. The van der Waals surface area contributed by atoms with Crippen molar-refractivity contribution in [3.8, 4) is 0 Å². The summed E-state index contributed by atoms with van der Waals surface area (Å²) in [5, 5.41) is 3.28. The van der Waals surface area contributed by atoms with Crippen molar-refractivity contribution in [3.05, 3.63) is 0 Å². The number of hydrogen-bond donors (Lipinski definition) is 2. The number of nitrogens with one attached hydrogen (secondary N) is 1. The molecular formula is C21H46N2. The Hall–Kier alpha value is -0.0800. The van der Waals surface area contributed by atoms with Crippen LogP contribution in [0.4, 0.5) is 0 Å². The summed E-state index contributed by atoms with van der Waals surface area (Å²) in [4.78, 5) is 0. The molecule has 0 heterocycles. The van der Waals surface area contributed by atoms with Crippen LogP contribution in [0, 0.1) is 0 Å². The first-order valence-corrected chi connectivity index (χ1v) is 10.8. The maximum atomic E-state index is 5.65. The first-order chi connectivity index (χ1) is 11.3. The summed E-state index contributed by atoms with van der Waals surface area (Å²) in [6.45, 7) is 5.38. The first kappa shape index (κ1) is 22.9. The van der Waals surface area contributed by atoms with Gasteiger partial charge in [-0.1, -0.05) is 110 Å². The lowest BCUT2D eigenvalue weighted by molar-refractivity contribution is 0.510. The van der Waals surface area contributed by atoms with Crippen LogP contribution in [-0.2, 0) is 0 Å². The summed E-state index contributed by atoms with van der Waals surface area (Å²) in [7, 11) is 0. The minimum atomic E-state index is 0.149. The van der Waals surface area contributed by atoms with Gasteiger partial charge in [-0.2, -0.15) is 0 Å². The van der Waals surface area contributed by atoms with Gasteiger partial charge in [0.1, 0.15) is 0 Å². The highest BCUT2D eigenvalue weighted by Gasteiger charge is 1.95. The molecule has 0 aliphatic carbocycles. The second kappa shape index (κ2) is 20.0. The molecule has 0 bridgehead atoms. The lowest BCUT2D eigenvalue weighted by Crippen LogP contribution is -2.34. The molecule has 0 aromatic rings. The molecule has 2 heteroatoms. The third-order valence-corrected chi connectivity index (χ3v) is 4.75. The lowest BCUT2D eigenvalue weighted by atomic mass is 10.0. The summed E-state index contributed by atoms with van der Waals surface area (Å²) in [5.74, 6) is 0. The summed E-state index contributed by atoms with van der Waals surface area (Å²) in [6, 6.07) is 0. The van der Waals surface area contributed by atoms with Gasteiger partial charge >= 0.3 is 0 Å². The number of hydrogen-bond acceptors (Lipinski definition) is 2. The average molecular weight is 327 g/mol. The molecule has 0 aliphatic rings. The molecule has 0 aliphatic heterocycles. The predicted octanol–water partition coefficient (Wildman–Crippen LogP) is 6.53. The van der Waals surface area contributed by atoms with E-state index < -0.39 is 0 Å². The van der Waals surface area contributed by atoms with Crippen molar-refractivity contribution < 1.29 is 0 Å². The van der Waals surface area contributed by atoms with Crippen molar-refractivity contribution >= 4 is 0 Å². The second-order valence-corrected chi connectivity index (χ2v) is 7.40. The van der Waals surface area contributed by atoms with Crippen LogP contribution in [0.2, 0.25) is 0 Å². The highest BCUT2D eigenvalue weighted by molar-refractivity contribution is 4.53. The van der Waals surface area contributed by atoms with E-state index in [0.29, 0.717) is 0 Å². The van der Waals surface area contributed by atoms with Crippen molar-refractivity contribution in [2.45, 2.75) is 129 Å². The molecule has 0 amide bonds. The minimum absolute atomic E-state index is 0.149. The monoisotopic (exact) mass is 326 g/mol. The topological polar surface area (TPSA) is 38.0 Å². The summed E-state index contributed by atoms with van der Waals surface area (Å²) < 4.78 is 0. The van der Waals surface area contributed by atoms with E-state index in [1.807, 2.05) is 6.92 Å². The molecule has 0 saturated heterocycles. The van der Waals surface area contributed by atoms with Crippen LogP contribution in [0.5, 0.6) is 0 Å². The SMILES string of the molecule is CCCCCCCCCCCCCCCCCCCNC(C)N. The fourth-order valence-corrected chi connectivity index (χ4v) is 3.18. The van der Waals surface area contributed by atoms with Crippen molar-refractivity contribution in [2.24, 2.45) is 5.73 Å². The third kappa shape index (κ3) is 21.9. The highest BCUT2D eigenvalue weighted by Crippen LogP contribution is 2.13. The summed E-state index contributed by atoms with van der Waals surface area (Å²) in [6.07, 6.45) is 24.5. The molecule has 1 unspecified atom stereocenters. The second-order valence-electron chi connectivity index (χ2n) is 7.40. The molecule has 23 heavy (non-hydrogen) atoms. The fraction of sp³-hybridized carbons (Fsp3) is 1.00. The van der Waals surface area contributed by atoms with E-state index in [0.717, 1.165) is 6.54 Å². The Balaban J connectivity index is 2.95. The van der Waals surface area contributed by atoms with Gasteiger partial charge in [0.2, 0.25) is 0 Å². The maximum absolute atomic E-state index is 5.65.